The summed E-state index contributed by atoms with van der Waals surface area (Å²) in [6.07, 6.45) is 4.63. The van der Waals surface area contributed by atoms with Crippen molar-refractivity contribution in [3.05, 3.63) is 71.0 Å². The van der Waals surface area contributed by atoms with Crippen molar-refractivity contribution in [3.8, 4) is 5.75 Å². The molecule has 0 saturated carbocycles. The second-order valence-electron chi connectivity index (χ2n) is 7.37. The quantitative estimate of drug-likeness (QED) is 0.397. The molecule has 12 heteroatoms. The Labute approximate surface area is 200 Å². The molecule has 3 heterocycles. The number of carbonyl (C=O) groups is 2. The van der Waals surface area contributed by atoms with Crippen LogP contribution in [0.2, 0.25) is 5.02 Å². The molecule has 0 saturated heterocycles. The fourth-order valence-corrected chi connectivity index (χ4v) is 3.30. The molecular weight excluding hydrogens is 460 g/mol. The number of halogens is 1. The maximum absolute atomic E-state index is 13.0. The Morgan fingerprint density at radius 1 is 1.03 bits per heavy atom. The van der Waals surface area contributed by atoms with Gasteiger partial charge >= 0.3 is 0 Å². The van der Waals surface area contributed by atoms with Crippen molar-refractivity contribution in [2.24, 2.45) is 7.05 Å². The molecule has 11 nitrogen and oxygen atoms in total. The van der Waals surface area contributed by atoms with Crippen molar-refractivity contribution < 1.29 is 14.3 Å². The lowest BCUT2D eigenvalue weighted by Crippen LogP contribution is -2.21. The number of ether oxygens (including phenoxy) is 1. The Bertz CT molecular complexity index is 1320. The fraction of sp³-hybridized carbons (Fsp3) is 0.227. The van der Waals surface area contributed by atoms with Gasteiger partial charge in [0.15, 0.2) is 12.4 Å². The summed E-state index contributed by atoms with van der Waals surface area (Å²) in [5.74, 6) is -0.266. The molecule has 2 amide bonds. The molecule has 176 valence electrons. The maximum Gasteiger partial charge on any atom is 0.276 e. The van der Waals surface area contributed by atoms with Crippen molar-refractivity contribution in [2.45, 2.75) is 27.1 Å². The molecule has 0 atom stereocenters. The third kappa shape index (κ3) is 4.94. The number of hydrogen-bond acceptors (Lipinski definition) is 6. The Hall–Kier alpha value is -4.12. The summed E-state index contributed by atoms with van der Waals surface area (Å²) < 4.78 is 10.3. The van der Waals surface area contributed by atoms with Gasteiger partial charge in [-0.15, -0.1) is 0 Å². The lowest BCUT2D eigenvalue weighted by atomic mass is 10.3. The molecule has 4 rings (SSSR count). The number of anilines is 2. The Morgan fingerprint density at radius 3 is 2.41 bits per heavy atom. The molecule has 4 aromatic rings. The molecule has 0 aliphatic carbocycles. The smallest absolute Gasteiger partial charge is 0.276 e. The molecule has 0 unspecified atom stereocenters. The first kappa shape index (κ1) is 23.1. The Balaban J connectivity index is 1.45. The second kappa shape index (κ2) is 9.79. The number of nitrogens with zero attached hydrogens (tertiary/aromatic N) is 6. The highest BCUT2D eigenvalue weighted by molar-refractivity contribution is 6.30. The van der Waals surface area contributed by atoms with Crippen LogP contribution in [0.5, 0.6) is 5.75 Å². The highest BCUT2D eigenvalue weighted by Crippen LogP contribution is 2.20. The van der Waals surface area contributed by atoms with Gasteiger partial charge in [-0.3, -0.25) is 19.0 Å². The summed E-state index contributed by atoms with van der Waals surface area (Å²) >= 11 is 5.87. The van der Waals surface area contributed by atoms with Crippen molar-refractivity contribution in [2.75, 3.05) is 10.6 Å². The summed E-state index contributed by atoms with van der Waals surface area (Å²) in [4.78, 5) is 25.8. The average molecular weight is 483 g/mol. The van der Waals surface area contributed by atoms with Crippen molar-refractivity contribution in [1.29, 1.82) is 0 Å². The van der Waals surface area contributed by atoms with Crippen LogP contribution in [0.15, 0.2) is 48.9 Å². The first-order chi connectivity index (χ1) is 16.4. The van der Waals surface area contributed by atoms with Crippen LogP contribution < -0.4 is 15.4 Å². The van der Waals surface area contributed by atoms with Gasteiger partial charge in [0.2, 0.25) is 0 Å². The van der Waals surface area contributed by atoms with E-state index in [1.165, 1.54) is 15.6 Å². The van der Waals surface area contributed by atoms with Crippen LogP contribution in [0.1, 0.15) is 33.6 Å². The summed E-state index contributed by atoms with van der Waals surface area (Å²) in [5.41, 5.74) is 2.04. The molecular formula is C22H23ClN8O3. The van der Waals surface area contributed by atoms with E-state index in [2.05, 4.69) is 25.9 Å². The molecule has 0 fully saturated rings. The third-order valence-electron chi connectivity index (χ3n) is 5.14. The SMILES string of the molecule is CCn1ncc(NC(=O)c2ccn(COc3ccc(Cl)cc3)n2)c1C(=O)Nc1cnn(C)c1C. The largest absolute Gasteiger partial charge is 0.471 e. The summed E-state index contributed by atoms with van der Waals surface area (Å²) in [7, 11) is 1.78. The zero-order valence-electron chi connectivity index (χ0n) is 18.8. The minimum absolute atomic E-state index is 0.112. The number of hydrogen-bond donors (Lipinski definition) is 2. The number of amides is 2. The van der Waals surface area contributed by atoms with Gasteiger partial charge in [-0.1, -0.05) is 11.6 Å². The van der Waals surface area contributed by atoms with Gasteiger partial charge in [0.1, 0.15) is 11.4 Å². The Kier molecular flexibility index (Phi) is 6.64. The second-order valence-corrected chi connectivity index (χ2v) is 7.80. The van der Waals surface area contributed by atoms with E-state index in [0.29, 0.717) is 23.0 Å². The predicted molar refractivity (Wildman–Crippen MR) is 126 cm³/mol. The number of carbonyl (C=O) groups excluding carboxylic acids is 2. The lowest BCUT2D eigenvalue weighted by molar-refractivity contribution is 0.101. The van der Waals surface area contributed by atoms with Gasteiger partial charge in [0.05, 0.1) is 29.5 Å². The van der Waals surface area contributed by atoms with Gasteiger partial charge < -0.3 is 15.4 Å². The first-order valence-corrected chi connectivity index (χ1v) is 10.8. The summed E-state index contributed by atoms with van der Waals surface area (Å²) in [6, 6.07) is 8.48. The van der Waals surface area contributed by atoms with E-state index >= 15 is 0 Å². The number of aryl methyl sites for hydroxylation is 2. The summed E-state index contributed by atoms with van der Waals surface area (Å²) in [6.45, 7) is 4.25. The van der Waals surface area contributed by atoms with E-state index < -0.39 is 11.8 Å². The lowest BCUT2D eigenvalue weighted by Gasteiger charge is -2.09. The van der Waals surface area contributed by atoms with Crippen molar-refractivity contribution in [3.63, 3.8) is 0 Å². The topological polar surface area (TPSA) is 121 Å². The molecule has 1 aromatic carbocycles. The average Bonchev–Trinajstić information content (AvgIpc) is 3.54. The van der Waals surface area contributed by atoms with Crippen LogP contribution in [0.25, 0.3) is 0 Å². The minimum Gasteiger partial charge on any atom is -0.471 e. The predicted octanol–water partition coefficient (Wildman–Crippen LogP) is 3.34. The Morgan fingerprint density at radius 2 is 1.74 bits per heavy atom. The van der Waals surface area contributed by atoms with E-state index in [0.717, 1.165) is 5.69 Å². The highest BCUT2D eigenvalue weighted by Gasteiger charge is 2.22. The molecule has 0 bridgehead atoms. The molecule has 0 spiro atoms. The molecule has 0 aliphatic heterocycles. The molecule has 3 aromatic heterocycles. The first-order valence-electron chi connectivity index (χ1n) is 10.4. The van der Waals surface area contributed by atoms with Gasteiger partial charge in [0, 0.05) is 24.8 Å². The molecule has 2 N–H and O–H groups in total. The highest BCUT2D eigenvalue weighted by atomic mass is 35.5. The van der Waals surface area contributed by atoms with Gasteiger partial charge in [-0.25, -0.2) is 4.68 Å². The van der Waals surface area contributed by atoms with E-state index in [-0.39, 0.29) is 23.8 Å². The van der Waals surface area contributed by atoms with Crippen LogP contribution in [0.4, 0.5) is 11.4 Å². The normalized spacial score (nSPS) is 10.8. The standard InChI is InChI=1S/C22H23ClN8O3/c1-4-31-20(22(33)26-18-11-24-29(3)14(18)2)19(12-25-31)27-21(32)17-9-10-30(28-17)13-34-16-7-5-15(23)6-8-16/h5-12H,4,13H2,1-3H3,(H,26,33)(H,27,32). The van der Waals surface area contributed by atoms with E-state index in [4.69, 9.17) is 16.3 Å². The molecule has 0 radical (unpaired) electrons. The van der Waals surface area contributed by atoms with Gasteiger partial charge in [-0.05, 0) is 44.2 Å². The maximum atomic E-state index is 13.0. The molecule has 34 heavy (non-hydrogen) atoms. The minimum atomic E-state index is -0.479. The van der Waals surface area contributed by atoms with E-state index in [1.807, 2.05) is 13.8 Å². The van der Waals surface area contributed by atoms with Crippen molar-refractivity contribution in [1.82, 2.24) is 29.3 Å². The zero-order valence-corrected chi connectivity index (χ0v) is 19.6. The van der Waals surface area contributed by atoms with Crippen molar-refractivity contribution >= 4 is 34.8 Å². The van der Waals surface area contributed by atoms with Crippen LogP contribution >= 0.6 is 11.6 Å². The fourth-order valence-electron chi connectivity index (χ4n) is 3.17. The third-order valence-corrected chi connectivity index (χ3v) is 5.39. The van der Waals surface area contributed by atoms with Crippen LogP contribution in [0, 0.1) is 6.92 Å². The van der Waals surface area contributed by atoms with Crippen LogP contribution in [0.3, 0.4) is 0 Å². The van der Waals surface area contributed by atoms with E-state index in [9.17, 15) is 9.59 Å². The zero-order chi connectivity index (χ0) is 24.2. The molecule has 0 aliphatic rings. The number of aromatic nitrogens is 6. The van der Waals surface area contributed by atoms with Crippen LogP contribution in [-0.2, 0) is 20.3 Å². The summed E-state index contributed by atoms with van der Waals surface area (Å²) in [5, 5.41) is 18.7. The monoisotopic (exact) mass is 482 g/mol. The van der Waals surface area contributed by atoms with Gasteiger partial charge in [0.25, 0.3) is 11.8 Å². The van der Waals surface area contributed by atoms with Crippen LogP contribution in [-0.4, -0.2) is 41.2 Å². The number of nitrogens with one attached hydrogen (secondary N) is 2. The van der Waals surface area contributed by atoms with E-state index in [1.54, 1.807) is 54.5 Å². The van der Waals surface area contributed by atoms with Gasteiger partial charge in [-0.2, -0.15) is 15.3 Å². The number of benzene rings is 1. The number of rotatable bonds is 8.